The smallest absolute Gasteiger partial charge is 0.297 e. The Morgan fingerprint density at radius 2 is 1.81 bits per heavy atom. The molecule has 0 aliphatic carbocycles. The molecule has 6 heteroatoms. The van der Waals surface area contributed by atoms with E-state index in [1.807, 2.05) is 37.3 Å². The van der Waals surface area contributed by atoms with E-state index in [0.717, 1.165) is 21.2 Å². The van der Waals surface area contributed by atoms with Gasteiger partial charge in [-0.3, -0.25) is 9.59 Å². The van der Waals surface area contributed by atoms with Crippen molar-refractivity contribution in [3.63, 3.8) is 0 Å². The van der Waals surface area contributed by atoms with E-state index < -0.39 is 0 Å². The van der Waals surface area contributed by atoms with Crippen LogP contribution in [0.2, 0.25) is 0 Å². The highest BCUT2D eigenvalue weighted by molar-refractivity contribution is 7.21. The SMILES string of the molecule is Cc1ccccc1C(=O)c1sc2cc(O)ccc2c1Oc1ccc(/C=C/OC=O)cc1. The lowest BCUT2D eigenvalue weighted by Crippen LogP contribution is -2.03. The number of phenols is 1. The molecule has 0 aliphatic rings. The van der Waals surface area contributed by atoms with Gasteiger partial charge in [0.1, 0.15) is 16.4 Å². The van der Waals surface area contributed by atoms with Crippen LogP contribution in [0.15, 0.2) is 73.0 Å². The third-order valence-electron chi connectivity index (χ3n) is 4.72. The number of ether oxygens (including phenoxy) is 2. The van der Waals surface area contributed by atoms with Gasteiger partial charge in [0.05, 0.1) is 6.26 Å². The highest BCUT2D eigenvalue weighted by Gasteiger charge is 2.23. The molecule has 0 radical (unpaired) electrons. The fourth-order valence-corrected chi connectivity index (χ4v) is 4.29. The number of carbonyl (C=O) groups excluding carboxylic acids is 2. The molecule has 1 aromatic heterocycles. The Kier molecular flexibility index (Phi) is 5.82. The fraction of sp³-hybridized carbons (Fsp3) is 0.0400. The number of phenolic OH excluding ortho intramolecular Hbond substituents is 1. The normalized spacial score (nSPS) is 11.0. The number of rotatable bonds is 7. The third kappa shape index (κ3) is 4.34. The van der Waals surface area contributed by atoms with Crippen LogP contribution >= 0.6 is 11.3 Å². The van der Waals surface area contributed by atoms with Crippen LogP contribution in [-0.2, 0) is 9.53 Å². The number of fused-ring (bicyclic) bond motifs is 1. The number of hydrogen-bond acceptors (Lipinski definition) is 6. The zero-order chi connectivity index (χ0) is 21.8. The first kappa shape index (κ1) is 20.4. The van der Waals surface area contributed by atoms with Crippen molar-refractivity contribution < 1.29 is 24.2 Å². The topological polar surface area (TPSA) is 72.8 Å². The molecular weight excluding hydrogens is 412 g/mol. The first-order chi connectivity index (χ1) is 15.1. The third-order valence-corrected chi connectivity index (χ3v) is 5.85. The van der Waals surface area contributed by atoms with Crippen molar-refractivity contribution in [3.8, 4) is 17.2 Å². The molecule has 1 N–H and O–H groups in total. The van der Waals surface area contributed by atoms with Gasteiger partial charge in [0.2, 0.25) is 5.78 Å². The molecular formula is C25H18O5S. The Balaban J connectivity index is 1.74. The Morgan fingerprint density at radius 1 is 1.03 bits per heavy atom. The average Bonchev–Trinajstić information content (AvgIpc) is 3.12. The van der Waals surface area contributed by atoms with E-state index in [1.165, 1.54) is 17.6 Å². The molecule has 154 valence electrons. The number of hydrogen-bond donors (Lipinski definition) is 1. The van der Waals surface area contributed by atoms with Gasteiger partial charge in [-0.2, -0.15) is 0 Å². The quantitative estimate of drug-likeness (QED) is 0.218. The first-order valence-electron chi connectivity index (χ1n) is 9.46. The molecule has 0 fully saturated rings. The van der Waals surface area contributed by atoms with Crippen LogP contribution in [0, 0.1) is 6.92 Å². The van der Waals surface area contributed by atoms with Gasteiger partial charge in [-0.1, -0.05) is 36.4 Å². The van der Waals surface area contributed by atoms with Crippen molar-refractivity contribution >= 4 is 39.8 Å². The van der Waals surface area contributed by atoms with Gasteiger partial charge in [-0.05, 0) is 54.5 Å². The summed E-state index contributed by atoms with van der Waals surface area (Å²) in [5.41, 5.74) is 2.32. The minimum Gasteiger partial charge on any atom is -0.508 e. The van der Waals surface area contributed by atoms with Gasteiger partial charge in [-0.25, -0.2) is 0 Å². The van der Waals surface area contributed by atoms with Crippen molar-refractivity contribution in [2.24, 2.45) is 0 Å². The summed E-state index contributed by atoms with van der Waals surface area (Å²) in [5.74, 6) is 1.02. The summed E-state index contributed by atoms with van der Waals surface area (Å²) in [7, 11) is 0. The van der Waals surface area contributed by atoms with Crippen molar-refractivity contribution in [1.29, 1.82) is 0 Å². The van der Waals surface area contributed by atoms with E-state index in [9.17, 15) is 14.7 Å². The van der Waals surface area contributed by atoms with Crippen molar-refractivity contribution in [2.45, 2.75) is 6.92 Å². The van der Waals surface area contributed by atoms with E-state index in [1.54, 1.807) is 42.5 Å². The summed E-state index contributed by atoms with van der Waals surface area (Å²) in [6, 6.07) is 19.5. The lowest BCUT2D eigenvalue weighted by molar-refractivity contribution is -0.123. The monoisotopic (exact) mass is 430 g/mol. The molecule has 0 atom stereocenters. The number of aryl methyl sites for hydroxylation is 1. The molecule has 5 nitrogen and oxygen atoms in total. The van der Waals surface area contributed by atoms with Crippen LogP contribution in [0.3, 0.4) is 0 Å². The summed E-state index contributed by atoms with van der Waals surface area (Å²) < 4.78 is 11.5. The highest BCUT2D eigenvalue weighted by atomic mass is 32.1. The molecule has 3 aromatic carbocycles. The summed E-state index contributed by atoms with van der Waals surface area (Å²) >= 11 is 1.29. The van der Waals surface area contributed by atoms with Crippen LogP contribution in [0.1, 0.15) is 26.4 Å². The molecule has 0 bridgehead atoms. The lowest BCUT2D eigenvalue weighted by atomic mass is 10.0. The van der Waals surface area contributed by atoms with Gasteiger partial charge in [0.15, 0.2) is 5.75 Å². The summed E-state index contributed by atoms with van der Waals surface area (Å²) in [4.78, 5) is 24.1. The molecule has 0 spiro atoms. The van der Waals surface area contributed by atoms with Crippen molar-refractivity contribution in [3.05, 3.63) is 94.6 Å². The van der Waals surface area contributed by atoms with Crippen LogP contribution < -0.4 is 4.74 Å². The molecule has 0 saturated carbocycles. The maximum absolute atomic E-state index is 13.3. The number of thiophene rings is 1. The van der Waals surface area contributed by atoms with Gasteiger partial charge < -0.3 is 14.6 Å². The van der Waals surface area contributed by atoms with Crippen molar-refractivity contribution in [2.75, 3.05) is 0 Å². The number of ketones is 1. The second-order valence-electron chi connectivity index (χ2n) is 6.79. The minimum absolute atomic E-state index is 0.126. The maximum Gasteiger partial charge on any atom is 0.297 e. The number of benzene rings is 3. The Labute approximate surface area is 182 Å². The molecule has 0 aliphatic heterocycles. The van der Waals surface area contributed by atoms with Gasteiger partial charge >= 0.3 is 0 Å². The van der Waals surface area contributed by atoms with E-state index in [0.29, 0.717) is 28.4 Å². The minimum atomic E-state index is -0.126. The van der Waals surface area contributed by atoms with Gasteiger partial charge in [0.25, 0.3) is 6.47 Å². The molecule has 0 unspecified atom stereocenters. The fourth-order valence-electron chi connectivity index (χ4n) is 3.18. The summed E-state index contributed by atoms with van der Waals surface area (Å²) in [6.45, 7) is 2.24. The van der Waals surface area contributed by atoms with Gasteiger partial charge in [0, 0.05) is 15.6 Å². The predicted molar refractivity (Wildman–Crippen MR) is 121 cm³/mol. The van der Waals surface area contributed by atoms with Crippen molar-refractivity contribution in [1.82, 2.24) is 0 Å². The average molecular weight is 430 g/mol. The molecule has 0 amide bonds. The zero-order valence-corrected chi connectivity index (χ0v) is 17.4. The van der Waals surface area contributed by atoms with Crippen LogP contribution in [-0.4, -0.2) is 17.4 Å². The standard InChI is InChI=1S/C25H18O5S/c1-16-4-2-3-5-20(16)23(28)25-24(21-11-8-18(27)14-22(21)31-25)30-19-9-6-17(7-10-19)12-13-29-15-26/h2-15,27H,1H3/b13-12+. The van der Waals surface area contributed by atoms with E-state index in [-0.39, 0.29) is 11.5 Å². The summed E-state index contributed by atoms with van der Waals surface area (Å²) in [5, 5.41) is 10.6. The highest BCUT2D eigenvalue weighted by Crippen LogP contribution is 2.42. The lowest BCUT2D eigenvalue weighted by Gasteiger charge is -2.09. The predicted octanol–water partition coefficient (Wildman–Crippen LogP) is 6.08. The van der Waals surface area contributed by atoms with E-state index in [2.05, 4.69) is 4.74 Å². The van der Waals surface area contributed by atoms with Crippen LogP contribution in [0.25, 0.3) is 16.2 Å². The Hall–Kier alpha value is -3.90. The van der Waals surface area contributed by atoms with Crippen LogP contribution in [0.4, 0.5) is 0 Å². The maximum atomic E-state index is 13.3. The first-order valence-corrected chi connectivity index (χ1v) is 10.3. The number of aromatic hydroxyl groups is 1. The molecule has 4 aromatic rings. The Bertz CT molecular complexity index is 1290. The molecule has 1 heterocycles. The second-order valence-corrected chi connectivity index (χ2v) is 7.84. The molecule has 4 rings (SSSR count). The Morgan fingerprint density at radius 3 is 2.55 bits per heavy atom. The van der Waals surface area contributed by atoms with Gasteiger partial charge in [-0.15, -0.1) is 11.3 Å². The zero-order valence-electron chi connectivity index (χ0n) is 16.6. The largest absolute Gasteiger partial charge is 0.508 e. The number of carbonyl (C=O) groups is 2. The molecule has 31 heavy (non-hydrogen) atoms. The van der Waals surface area contributed by atoms with Crippen LogP contribution in [0.5, 0.6) is 17.2 Å². The van der Waals surface area contributed by atoms with E-state index >= 15 is 0 Å². The van der Waals surface area contributed by atoms with E-state index in [4.69, 9.17) is 4.74 Å². The molecule has 0 saturated heterocycles. The summed E-state index contributed by atoms with van der Waals surface area (Å²) in [6.07, 6.45) is 2.94. The second kappa shape index (κ2) is 8.85.